The van der Waals surface area contributed by atoms with Crippen molar-refractivity contribution in [2.75, 3.05) is 13.2 Å². The number of aliphatic hydroxyl groups excluding tert-OH is 2. The average molecular weight is 999 g/mol. The summed E-state index contributed by atoms with van der Waals surface area (Å²) in [5.41, 5.74) is 0. The van der Waals surface area contributed by atoms with E-state index in [4.69, 9.17) is 23.7 Å². The Morgan fingerprint density at radius 3 is 1.39 bits per heavy atom. The number of carboxylic acid groups (broad SMARTS) is 1. The monoisotopic (exact) mass is 999 g/mol. The maximum atomic E-state index is 13.0. The van der Waals surface area contributed by atoms with E-state index < -0.39 is 67.3 Å². The third-order valence-corrected chi connectivity index (χ3v) is 12.3. The molecule has 0 aromatic rings. The third-order valence-electron chi connectivity index (χ3n) is 12.3. The largest absolute Gasteiger partial charge is 0.479 e. The van der Waals surface area contributed by atoms with Gasteiger partial charge in [-0.3, -0.25) is 14.4 Å². The highest BCUT2D eigenvalue weighted by Gasteiger charge is 2.50. The average Bonchev–Trinajstić information content (AvgIpc) is 3.35. The molecule has 406 valence electrons. The van der Waals surface area contributed by atoms with E-state index in [2.05, 4.69) is 93.7 Å². The Morgan fingerprint density at radius 2 is 0.887 bits per heavy atom. The van der Waals surface area contributed by atoms with Crippen LogP contribution in [-0.4, -0.2) is 89.2 Å². The van der Waals surface area contributed by atoms with Crippen LogP contribution in [0.5, 0.6) is 0 Å². The zero-order chi connectivity index (χ0) is 51.8. The summed E-state index contributed by atoms with van der Waals surface area (Å²) in [4.78, 5) is 50.9. The van der Waals surface area contributed by atoms with Gasteiger partial charge in [0, 0.05) is 19.3 Å². The number of rotatable bonds is 46. The molecule has 71 heavy (non-hydrogen) atoms. The standard InChI is InChI=1S/C59H98O12/c1-4-7-10-13-16-19-21-23-24-25-26-27-28-30-31-34-36-39-42-45-51(60)67-48-50(69-52(61)46-43-40-37-33-18-15-12-9-6-3)49-68-59-57(55(64)54(63)56(71-59)58(65)66)70-53(62)47-44-41-38-35-32-29-22-20-17-14-11-8-5-2/h7,10,16,19-20,22-24,26-27,30-31,50,54-57,59,63-64H,4-6,8-9,11-15,17-18,21,25,28-29,32-49H2,1-3H3,(H,65,66)/b10-7-,19-16-,22-20-,24-23-,27-26-,31-30-. The van der Waals surface area contributed by atoms with Gasteiger partial charge in [0.15, 0.2) is 24.6 Å². The molecule has 0 amide bonds. The number of ether oxygens (including phenoxy) is 5. The number of esters is 3. The zero-order valence-electron chi connectivity index (χ0n) is 44.4. The van der Waals surface area contributed by atoms with Crippen molar-refractivity contribution in [1.29, 1.82) is 0 Å². The molecule has 1 saturated heterocycles. The molecule has 1 aliphatic heterocycles. The fourth-order valence-corrected chi connectivity index (χ4v) is 7.98. The fourth-order valence-electron chi connectivity index (χ4n) is 7.98. The first kappa shape index (κ1) is 65.2. The molecule has 0 saturated carbocycles. The van der Waals surface area contributed by atoms with E-state index in [9.17, 15) is 34.5 Å². The summed E-state index contributed by atoms with van der Waals surface area (Å²) in [5.74, 6) is -3.18. The predicted molar refractivity (Wildman–Crippen MR) is 285 cm³/mol. The van der Waals surface area contributed by atoms with Crippen LogP contribution in [0.25, 0.3) is 0 Å². The van der Waals surface area contributed by atoms with Crippen LogP contribution in [0.1, 0.15) is 226 Å². The molecule has 0 radical (unpaired) electrons. The van der Waals surface area contributed by atoms with Gasteiger partial charge in [-0.1, -0.05) is 190 Å². The van der Waals surface area contributed by atoms with Crippen LogP contribution < -0.4 is 0 Å². The number of carboxylic acids is 1. The molecule has 1 heterocycles. The van der Waals surface area contributed by atoms with Crippen LogP contribution in [0.3, 0.4) is 0 Å². The summed E-state index contributed by atoms with van der Waals surface area (Å²) >= 11 is 0. The second kappa shape index (κ2) is 47.2. The van der Waals surface area contributed by atoms with E-state index in [0.717, 1.165) is 109 Å². The number of allylic oxidation sites excluding steroid dienone is 12. The van der Waals surface area contributed by atoms with Gasteiger partial charge in [-0.2, -0.15) is 0 Å². The molecule has 1 fully saturated rings. The van der Waals surface area contributed by atoms with Gasteiger partial charge in [0.1, 0.15) is 18.8 Å². The third kappa shape index (κ3) is 37.6. The normalized spacial score (nSPS) is 19.0. The zero-order valence-corrected chi connectivity index (χ0v) is 44.4. The lowest BCUT2D eigenvalue weighted by molar-refractivity contribution is -0.301. The Labute approximate surface area is 429 Å². The van der Waals surface area contributed by atoms with Gasteiger partial charge in [-0.25, -0.2) is 4.79 Å². The smallest absolute Gasteiger partial charge is 0.335 e. The Morgan fingerprint density at radius 1 is 0.479 bits per heavy atom. The number of hydrogen-bond acceptors (Lipinski definition) is 11. The van der Waals surface area contributed by atoms with Crippen molar-refractivity contribution in [2.24, 2.45) is 0 Å². The number of aliphatic carboxylic acids is 1. The van der Waals surface area contributed by atoms with Crippen LogP contribution in [0, 0.1) is 0 Å². The first-order chi connectivity index (χ1) is 34.6. The van der Waals surface area contributed by atoms with Gasteiger partial charge in [0.2, 0.25) is 0 Å². The van der Waals surface area contributed by atoms with E-state index in [1.54, 1.807) is 0 Å². The van der Waals surface area contributed by atoms with Gasteiger partial charge in [-0.15, -0.1) is 0 Å². The van der Waals surface area contributed by atoms with E-state index in [0.29, 0.717) is 19.3 Å². The Kier molecular flexibility index (Phi) is 43.3. The predicted octanol–water partition coefficient (Wildman–Crippen LogP) is 13.8. The summed E-state index contributed by atoms with van der Waals surface area (Å²) in [6.07, 6.45) is 46.1. The first-order valence-electron chi connectivity index (χ1n) is 27.9. The molecule has 1 rings (SSSR count). The first-order valence-corrected chi connectivity index (χ1v) is 27.9. The number of carbonyl (C=O) groups is 4. The van der Waals surface area contributed by atoms with Crippen molar-refractivity contribution in [3.63, 3.8) is 0 Å². The van der Waals surface area contributed by atoms with Crippen molar-refractivity contribution in [1.82, 2.24) is 0 Å². The lowest BCUT2D eigenvalue weighted by Crippen LogP contribution is -2.61. The number of hydrogen-bond donors (Lipinski definition) is 3. The van der Waals surface area contributed by atoms with Gasteiger partial charge < -0.3 is 39.0 Å². The highest BCUT2D eigenvalue weighted by molar-refractivity contribution is 5.74. The van der Waals surface area contributed by atoms with Crippen molar-refractivity contribution in [3.8, 4) is 0 Å². The molecule has 1 aliphatic rings. The summed E-state index contributed by atoms with van der Waals surface area (Å²) in [6, 6.07) is 0. The van der Waals surface area contributed by atoms with Crippen molar-refractivity contribution >= 4 is 23.9 Å². The fraction of sp³-hybridized carbons (Fsp3) is 0.729. The molecule has 0 spiro atoms. The highest BCUT2D eigenvalue weighted by atomic mass is 16.7. The molecule has 6 atom stereocenters. The molecule has 0 aromatic carbocycles. The van der Waals surface area contributed by atoms with Crippen molar-refractivity contribution < 1.29 is 58.2 Å². The lowest BCUT2D eigenvalue weighted by Gasteiger charge is -2.40. The number of carbonyl (C=O) groups excluding carboxylic acids is 3. The number of unbranched alkanes of at least 4 members (excludes halogenated alkanes) is 20. The minimum Gasteiger partial charge on any atom is -0.479 e. The van der Waals surface area contributed by atoms with Gasteiger partial charge in [0.25, 0.3) is 0 Å². The maximum Gasteiger partial charge on any atom is 0.335 e. The van der Waals surface area contributed by atoms with E-state index >= 15 is 0 Å². The molecular formula is C59H98O12. The highest BCUT2D eigenvalue weighted by Crippen LogP contribution is 2.26. The van der Waals surface area contributed by atoms with Crippen LogP contribution in [0.2, 0.25) is 0 Å². The second-order valence-corrected chi connectivity index (χ2v) is 18.8. The summed E-state index contributed by atoms with van der Waals surface area (Å²) < 4.78 is 28.3. The molecule has 12 heteroatoms. The Bertz CT molecular complexity index is 1510. The quantitative estimate of drug-likeness (QED) is 0.0228. The minimum atomic E-state index is -1.91. The molecule has 0 aliphatic carbocycles. The maximum absolute atomic E-state index is 13.0. The minimum absolute atomic E-state index is 0.0461. The van der Waals surface area contributed by atoms with Crippen LogP contribution in [-0.2, 0) is 42.9 Å². The molecule has 0 aromatic heterocycles. The van der Waals surface area contributed by atoms with Gasteiger partial charge in [0.05, 0.1) is 6.61 Å². The molecular weight excluding hydrogens is 901 g/mol. The Hall–Kier alpha value is -3.84. The lowest BCUT2D eigenvalue weighted by atomic mass is 9.98. The summed E-state index contributed by atoms with van der Waals surface area (Å²) in [5, 5.41) is 31.4. The summed E-state index contributed by atoms with van der Waals surface area (Å²) in [7, 11) is 0. The van der Waals surface area contributed by atoms with Crippen molar-refractivity contribution in [3.05, 3.63) is 72.9 Å². The van der Waals surface area contributed by atoms with Crippen LogP contribution in [0.15, 0.2) is 72.9 Å². The van der Waals surface area contributed by atoms with Gasteiger partial charge in [-0.05, 0) is 89.9 Å². The number of aliphatic hydroxyl groups is 2. The molecule has 0 bridgehead atoms. The van der Waals surface area contributed by atoms with Crippen LogP contribution in [0.4, 0.5) is 0 Å². The Balaban J connectivity index is 2.69. The van der Waals surface area contributed by atoms with Crippen LogP contribution >= 0.6 is 0 Å². The topological polar surface area (TPSA) is 175 Å². The summed E-state index contributed by atoms with van der Waals surface area (Å²) in [6.45, 7) is 5.79. The van der Waals surface area contributed by atoms with E-state index in [-0.39, 0.29) is 25.9 Å². The molecule has 3 N–H and O–H groups in total. The van der Waals surface area contributed by atoms with E-state index in [1.807, 2.05) is 0 Å². The SMILES string of the molecule is CC/C=C\C/C=C\C/C=C\C/C=C\C/C=C\CCCCCC(=O)OCC(COC1OC(C(=O)O)C(O)C(O)C1OC(=O)CCCCCCC/C=C\CCCCCC)OC(=O)CCCCCCCCCCC. The second-order valence-electron chi connectivity index (χ2n) is 18.8. The van der Waals surface area contributed by atoms with Gasteiger partial charge >= 0.3 is 23.9 Å². The van der Waals surface area contributed by atoms with Crippen molar-refractivity contribution in [2.45, 2.75) is 263 Å². The molecule has 12 nitrogen and oxygen atoms in total. The molecule has 6 unspecified atom stereocenters. The van der Waals surface area contributed by atoms with E-state index in [1.165, 1.54) is 57.8 Å².